The average Bonchev–Trinajstić information content (AvgIpc) is 3.13. The molecule has 0 radical (unpaired) electrons. The fraction of sp³-hybridized carbons (Fsp3) is 0.222. The van der Waals surface area contributed by atoms with E-state index in [0.717, 1.165) is 26.7 Å². The van der Waals surface area contributed by atoms with E-state index < -0.39 is 21.6 Å². The van der Waals surface area contributed by atoms with Crippen LogP contribution < -0.4 is 5.32 Å². The van der Waals surface area contributed by atoms with Gasteiger partial charge in [-0.05, 0) is 46.5 Å². The van der Waals surface area contributed by atoms with Crippen molar-refractivity contribution in [3.05, 3.63) is 99.5 Å². The highest BCUT2D eigenvalue weighted by Crippen LogP contribution is 2.69. The van der Waals surface area contributed by atoms with Gasteiger partial charge in [0, 0.05) is 23.1 Å². The summed E-state index contributed by atoms with van der Waals surface area (Å²) in [5, 5.41) is 2.80. The molecule has 1 aliphatic heterocycles. The lowest BCUT2D eigenvalue weighted by molar-refractivity contribution is -0.140. The Hall–Kier alpha value is -2.67. The lowest BCUT2D eigenvalue weighted by Gasteiger charge is -2.54. The summed E-state index contributed by atoms with van der Waals surface area (Å²) < 4.78 is 0.896. The zero-order valence-electron chi connectivity index (χ0n) is 18.3. The van der Waals surface area contributed by atoms with Crippen LogP contribution in [0.4, 0.5) is 5.69 Å². The highest BCUT2D eigenvalue weighted by Gasteiger charge is 2.72. The third kappa shape index (κ3) is 3.03. The summed E-state index contributed by atoms with van der Waals surface area (Å²) in [7, 11) is 0. The number of nitrogens with zero attached hydrogens (tertiary/aromatic N) is 1. The molecule has 1 fully saturated rings. The molecule has 1 saturated heterocycles. The molecule has 7 rings (SSSR count). The van der Waals surface area contributed by atoms with Gasteiger partial charge >= 0.3 is 0 Å². The lowest BCUT2D eigenvalue weighted by atomic mass is 9.54. The van der Waals surface area contributed by atoms with Crippen molar-refractivity contribution in [3.8, 4) is 0 Å². The van der Waals surface area contributed by atoms with Gasteiger partial charge in [0.2, 0.25) is 17.7 Å². The molecule has 2 bridgehead atoms. The van der Waals surface area contributed by atoms with E-state index in [1.54, 1.807) is 12.1 Å². The van der Waals surface area contributed by atoms with Crippen LogP contribution in [0.25, 0.3) is 0 Å². The van der Waals surface area contributed by atoms with Crippen molar-refractivity contribution in [1.29, 1.82) is 0 Å². The molecule has 0 saturated carbocycles. The van der Waals surface area contributed by atoms with Crippen molar-refractivity contribution in [2.45, 2.75) is 16.2 Å². The van der Waals surface area contributed by atoms with Crippen molar-refractivity contribution in [2.75, 3.05) is 11.9 Å². The molecule has 8 heteroatoms. The number of carbonyl (C=O) groups excluding carboxylic acids is 3. The van der Waals surface area contributed by atoms with Crippen LogP contribution in [-0.2, 0) is 24.1 Å². The molecule has 35 heavy (non-hydrogen) atoms. The molecule has 176 valence electrons. The number of carbonyl (C=O) groups is 3. The second kappa shape index (κ2) is 7.92. The molecular weight excluding hydrogens is 551 g/mol. The highest BCUT2D eigenvalue weighted by molar-refractivity contribution is 9.10. The van der Waals surface area contributed by atoms with Crippen molar-refractivity contribution in [1.82, 2.24) is 4.90 Å². The molecule has 3 aromatic carbocycles. The topological polar surface area (TPSA) is 66.5 Å². The molecule has 0 spiro atoms. The van der Waals surface area contributed by atoms with Gasteiger partial charge in [-0.3, -0.25) is 19.3 Å². The minimum Gasteiger partial charge on any atom is -0.326 e. The molecule has 5 nitrogen and oxygen atoms in total. The fourth-order valence-electron chi connectivity index (χ4n) is 5.92. The number of amides is 3. The highest BCUT2D eigenvalue weighted by atomic mass is 79.9. The van der Waals surface area contributed by atoms with Gasteiger partial charge in [-0.1, -0.05) is 64.5 Å². The largest absolute Gasteiger partial charge is 0.326 e. The van der Waals surface area contributed by atoms with Crippen LogP contribution in [0.15, 0.2) is 77.3 Å². The summed E-state index contributed by atoms with van der Waals surface area (Å²) in [6.45, 7) is -0.0420. The maximum atomic E-state index is 13.7. The third-order valence-electron chi connectivity index (χ3n) is 7.37. The number of anilines is 1. The van der Waals surface area contributed by atoms with Crippen LogP contribution in [0.5, 0.6) is 0 Å². The Balaban J connectivity index is 1.34. The van der Waals surface area contributed by atoms with Crippen molar-refractivity contribution < 1.29 is 14.4 Å². The Labute approximate surface area is 220 Å². The predicted molar refractivity (Wildman–Crippen MR) is 137 cm³/mol. The summed E-state index contributed by atoms with van der Waals surface area (Å²) in [5.41, 5.74) is 3.66. The van der Waals surface area contributed by atoms with Gasteiger partial charge in [0.25, 0.3) is 0 Å². The van der Waals surface area contributed by atoms with Crippen LogP contribution >= 0.6 is 39.1 Å². The predicted octanol–water partition coefficient (Wildman–Crippen LogP) is 5.37. The summed E-state index contributed by atoms with van der Waals surface area (Å²) in [5.74, 6) is -2.78. The van der Waals surface area contributed by atoms with Gasteiger partial charge in [-0.15, -0.1) is 23.2 Å². The van der Waals surface area contributed by atoms with E-state index in [4.69, 9.17) is 23.2 Å². The molecule has 0 aromatic heterocycles. The Morgan fingerprint density at radius 1 is 0.800 bits per heavy atom. The second-order valence-electron chi connectivity index (χ2n) is 9.10. The standard InChI is InChI=1S/C27H19BrCl2N2O3/c28-15-9-11-16(12-10-15)31-21(33)13-14-32-24(34)22-23(25(32)35)27(30)18-6-2-1-5-17(18)26(22,29)19-7-3-4-8-20(19)27/h1-12,22-23H,13-14H2,(H,31,33)/t22-,23+,26?,27?. The van der Waals surface area contributed by atoms with E-state index in [2.05, 4.69) is 21.2 Å². The quantitative estimate of drug-likeness (QED) is 0.339. The minimum atomic E-state index is -1.21. The summed E-state index contributed by atoms with van der Waals surface area (Å²) in [6, 6.07) is 22.2. The van der Waals surface area contributed by atoms with E-state index in [0.29, 0.717) is 5.69 Å². The zero-order valence-corrected chi connectivity index (χ0v) is 21.4. The number of benzene rings is 3. The minimum absolute atomic E-state index is 0.0303. The summed E-state index contributed by atoms with van der Waals surface area (Å²) in [6.07, 6.45) is -0.0303. The smallest absolute Gasteiger partial charge is 0.235 e. The van der Waals surface area contributed by atoms with E-state index in [1.807, 2.05) is 60.7 Å². The maximum Gasteiger partial charge on any atom is 0.235 e. The molecule has 1 N–H and O–H groups in total. The first-order chi connectivity index (χ1) is 16.8. The molecule has 1 heterocycles. The summed E-state index contributed by atoms with van der Waals surface area (Å²) in [4.78, 5) is 38.8. The van der Waals surface area contributed by atoms with Crippen molar-refractivity contribution in [3.63, 3.8) is 0 Å². The number of nitrogens with one attached hydrogen (secondary N) is 1. The average molecular weight is 570 g/mol. The number of imide groups is 1. The van der Waals surface area contributed by atoms with E-state index in [1.165, 1.54) is 4.90 Å². The lowest BCUT2D eigenvalue weighted by Crippen LogP contribution is -2.57. The molecule has 3 amide bonds. The Bertz CT molecular complexity index is 1290. The number of halogens is 3. The number of alkyl halides is 2. The Morgan fingerprint density at radius 2 is 1.23 bits per heavy atom. The summed E-state index contributed by atoms with van der Waals surface area (Å²) >= 11 is 18.1. The molecule has 3 aromatic rings. The van der Waals surface area contributed by atoms with E-state index in [9.17, 15) is 14.4 Å². The monoisotopic (exact) mass is 568 g/mol. The van der Waals surface area contributed by atoms with Gasteiger partial charge in [-0.2, -0.15) is 0 Å². The van der Waals surface area contributed by atoms with Crippen LogP contribution in [-0.4, -0.2) is 29.2 Å². The SMILES string of the molecule is O=C(CCN1C(=O)[C@@H]2[C@H](C1=O)C1(Cl)c3ccccc3C2(Cl)c2ccccc21)Nc1ccc(Br)cc1. The molecule has 3 aliphatic carbocycles. The first-order valence-electron chi connectivity index (χ1n) is 11.3. The van der Waals surface area contributed by atoms with Crippen LogP contribution in [0.3, 0.4) is 0 Å². The van der Waals surface area contributed by atoms with Crippen molar-refractivity contribution in [2.24, 2.45) is 11.8 Å². The third-order valence-corrected chi connectivity index (χ3v) is 9.18. The van der Waals surface area contributed by atoms with Crippen molar-refractivity contribution >= 4 is 62.5 Å². The second-order valence-corrected chi connectivity index (χ2v) is 11.2. The Kier molecular flexibility index (Phi) is 5.15. The first-order valence-corrected chi connectivity index (χ1v) is 12.8. The van der Waals surface area contributed by atoms with Crippen LogP contribution in [0.2, 0.25) is 0 Å². The van der Waals surface area contributed by atoms with Gasteiger partial charge in [0.05, 0.1) is 11.8 Å². The van der Waals surface area contributed by atoms with E-state index >= 15 is 0 Å². The maximum absolute atomic E-state index is 13.7. The Morgan fingerprint density at radius 3 is 1.66 bits per heavy atom. The van der Waals surface area contributed by atoms with Gasteiger partial charge in [-0.25, -0.2) is 0 Å². The fourth-order valence-corrected chi connectivity index (χ4v) is 7.28. The number of hydrogen-bond donors (Lipinski definition) is 1. The van der Waals surface area contributed by atoms with Crippen LogP contribution in [0.1, 0.15) is 28.7 Å². The van der Waals surface area contributed by atoms with Gasteiger partial charge < -0.3 is 5.32 Å². The molecule has 4 aliphatic rings. The molecule has 2 atom stereocenters. The van der Waals surface area contributed by atoms with Crippen LogP contribution in [0, 0.1) is 11.8 Å². The number of hydrogen-bond acceptors (Lipinski definition) is 3. The van der Waals surface area contributed by atoms with Gasteiger partial charge in [0.15, 0.2) is 0 Å². The normalized spacial score (nSPS) is 27.9. The first kappa shape index (κ1) is 22.8. The van der Waals surface area contributed by atoms with E-state index in [-0.39, 0.29) is 30.7 Å². The van der Waals surface area contributed by atoms with Gasteiger partial charge in [0.1, 0.15) is 9.75 Å². The zero-order chi connectivity index (χ0) is 24.5. The number of likely N-dealkylation sites (tertiary alicyclic amines) is 1. The molecule has 0 unspecified atom stereocenters. The number of rotatable bonds is 4. The molecular formula is C27H19BrCl2N2O3.